The molecule has 1 rings (SSSR count). The van der Waals surface area contributed by atoms with E-state index in [1.165, 1.54) is 140 Å². The first-order valence-corrected chi connectivity index (χ1v) is 19.0. The molecule has 234 valence electrons. The maximum absolute atomic E-state index is 12.6. The van der Waals surface area contributed by atoms with Gasteiger partial charge in [-0.25, -0.2) is 0 Å². The number of unbranched alkanes of at least 4 members (excludes halogenated alkanes) is 22. The van der Waals surface area contributed by atoms with Crippen LogP contribution in [0.5, 0.6) is 5.75 Å². The average Bonchev–Trinajstić information content (AvgIpc) is 2.92. The summed E-state index contributed by atoms with van der Waals surface area (Å²) in [7, 11) is -3.54. The van der Waals surface area contributed by atoms with Gasteiger partial charge >= 0.3 is 10.1 Å². The number of hydrogen-bond donors (Lipinski definition) is 0. The Labute approximate surface area is 250 Å². The Morgan fingerprint density at radius 2 is 0.825 bits per heavy atom. The first kappa shape index (κ1) is 37.0. The third-order valence-corrected chi connectivity index (χ3v) is 9.51. The molecule has 1 aromatic rings. The van der Waals surface area contributed by atoms with Crippen molar-refractivity contribution in [3.63, 3.8) is 0 Å². The Balaban J connectivity index is 2.17. The molecule has 40 heavy (non-hydrogen) atoms. The van der Waals surface area contributed by atoms with Crippen molar-refractivity contribution in [2.24, 2.45) is 0 Å². The fourth-order valence-corrected chi connectivity index (χ4v) is 6.93. The van der Waals surface area contributed by atoms with Gasteiger partial charge in [-0.15, -0.1) is 0 Å². The molecule has 0 saturated heterocycles. The molecular weight excluding hydrogens is 512 g/mol. The van der Waals surface area contributed by atoms with Crippen LogP contribution in [-0.4, -0.2) is 14.2 Å². The molecular formula is C36H66O3S. The normalized spacial score (nSPS) is 11.8. The van der Waals surface area contributed by atoms with Crippen LogP contribution in [0.2, 0.25) is 0 Å². The Morgan fingerprint density at radius 3 is 1.20 bits per heavy atom. The van der Waals surface area contributed by atoms with Crippen molar-refractivity contribution in [3.8, 4) is 5.75 Å². The van der Waals surface area contributed by atoms with Crippen LogP contribution in [0.25, 0.3) is 0 Å². The predicted molar refractivity (Wildman–Crippen MR) is 176 cm³/mol. The predicted octanol–water partition coefficient (Wildman–Crippen LogP) is 12.0. The minimum atomic E-state index is -3.54. The molecule has 0 spiro atoms. The molecule has 0 aliphatic carbocycles. The Morgan fingerprint density at radius 1 is 0.500 bits per heavy atom. The van der Waals surface area contributed by atoms with Gasteiger partial charge < -0.3 is 4.18 Å². The van der Waals surface area contributed by atoms with Crippen molar-refractivity contribution in [2.75, 3.05) is 5.75 Å². The monoisotopic (exact) mass is 578 g/mol. The minimum Gasteiger partial charge on any atom is -0.382 e. The van der Waals surface area contributed by atoms with E-state index in [4.69, 9.17) is 4.18 Å². The van der Waals surface area contributed by atoms with Crippen LogP contribution in [0.1, 0.15) is 185 Å². The van der Waals surface area contributed by atoms with Gasteiger partial charge in [0.1, 0.15) is 5.75 Å². The molecule has 0 heterocycles. The van der Waals surface area contributed by atoms with Crippen LogP contribution in [0.15, 0.2) is 12.1 Å². The standard InChI is InChI=1S/C36H66O3S/c1-5-7-9-11-13-15-17-18-19-20-21-23-25-27-29-35-31-33(3)36(34(4)32-35)39-40(37,38)30-28-26-24-22-16-14-12-10-8-6-2/h31-32H,5-30H2,1-4H3. The van der Waals surface area contributed by atoms with Gasteiger partial charge in [-0.05, 0) is 49.8 Å². The maximum Gasteiger partial charge on any atom is 0.309 e. The SMILES string of the molecule is CCCCCCCCCCCCCCCCc1cc(C)c(OS(=O)(=O)CCCCCCCCCCCC)c(C)c1. The summed E-state index contributed by atoms with van der Waals surface area (Å²) in [5.74, 6) is 0.653. The highest BCUT2D eigenvalue weighted by molar-refractivity contribution is 7.87. The second-order valence-electron chi connectivity index (χ2n) is 12.4. The van der Waals surface area contributed by atoms with Crippen LogP contribution >= 0.6 is 0 Å². The molecule has 0 amide bonds. The van der Waals surface area contributed by atoms with Crippen LogP contribution in [0.4, 0.5) is 0 Å². The minimum absolute atomic E-state index is 0.114. The van der Waals surface area contributed by atoms with E-state index in [2.05, 4.69) is 26.0 Å². The second kappa shape index (κ2) is 24.6. The molecule has 4 heteroatoms. The van der Waals surface area contributed by atoms with Crippen molar-refractivity contribution >= 4 is 10.1 Å². The smallest absolute Gasteiger partial charge is 0.309 e. The molecule has 0 N–H and O–H groups in total. The van der Waals surface area contributed by atoms with Gasteiger partial charge in [-0.2, -0.15) is 8.42 Å². The highest BCUT2D eigenvalue weighted by atomic mass is 32.2. The largest absolute Gasteiger partial charge is 0.382 e. The van der Waals surface area contributed by atoms with Crippen molar-refractivity contribution in [3.05, 3.63) is 28.8 Å². The Kier molecular flexibility index (Phi) is 22.7. The van der Waals surface area contributed by atoms with E-state index >= 15 is 0 Å². The third kappa shape index (κ3) is 19.9. The zero-order valence-electron chi connectivity index (χ0n) is 27.2. The Hall–Kier alpha value is -1.03. The quantitative estimate of drug-likeness (QED) is 0.0733. The molecule has 0 fully saturated rings. The van der Waals surface area contributed by atoms with E-state index in [1.807, 2.05) is 13.8 Å². The maximum atomic E-state index is 12.6. The lowest BCUT2D eigenvalue weighted by Crippen LogP contribution is -2.15. The first-order chi connectivity index (χ1) is 19.4. The van der Waals surface area contributed by atoms with Crippen molar-refractivity contribution in [1.29, 1.82) is 0 Å². The molecule has 0 saturated carbocycles. The van der Waals surface area contributed by atoms with Crippen LogP contribution < -0.4 is 4.18 Å². The summed E-state index contributed by atoms with van der Waals surface area (Å²) in [6.45, 7) is 8.49. The Bertz CT molecular complexity index is 807. The lowest BCUT2D eigenvalue weighted by molar-refractivity contribution is 0.477. The third-order valence-electron chi connectivity index (χ3n) is 8.30. The molecule has 0 aliphatic heterocycles. The summed E-state index contributed by atoms with van der Waals surface area (Å²) in [6.07, 6.45) is 32.2. The second-order valence-corrected chi connectivity index (χ2v) is 14.1. The van der Waals surface area contributed by atoms with Crippen LogP contribution in [-0.2, 0) is 16.5 Å². The molecule has 0 unspecified atom stereocenters. The van der Waals surface area contributed by atoms with E-state index in [0.717, 1.165) is 30.4 Å². The molecule has 0 aliphatic rings. The average molecular weight is 579 g/mol. The summed E-state index contributed by atoms with van der Waals surface area (Å²) in [5, 5.41) is 0. The van der Waals surface area contributed by atoms with E-state index in [0.29, 0.717) is 12.2 Å². The van der Waals surface area contributed by atoms with E-state index in [1.54, 1.807) is 0 Å². The van der Waals surface area contributed by atoms with Gasteiger partial charge in [0.15, 0.2) is 0 Å². The molecule has 0 bridgehead atoms. The van der Waals surface area contributed by atoms with Crippen molar-refractivity contribution in [1.82, 2.24) is 0 Å². The zero-order valence-corrected chi connectivity index (χ0v) is 28.0. The summed E-state index contributed by atoms with van der Waals surface area (Å²) >= 11 is 0. The molecule has 0 aromatic heterocycles. The lowest BCUT2D eigenvalue weighted by atomic mass is 10.00. The summed E-state index contributed by atoms with van der Waals surface area (Å²) in [5.41, 5.74) is 3.17. The number of rotatable bonds is 28. The fraction of sp³-hybridized carbons (Fsp3) is 0.833. The van der Waals surface area contributed by atoms with E-state index in [9.17, 15) is 8.42 Å². The number of hydrogen-bond acceptors (Lipinski definition) is 3. The van der Waals surface area contributed by atoms with Crippen LogP contribution in [0.3, 0.4) is 0 Å². The van der Waals surface area contributed by atoms with Gasteiger partial charge in [0, 0.05) is 0 Å². The fourth-order valence-electron chi connectivity index (χ4n) is 5.77. The molecule has 3 nitrogen and oxygen atoms in total. The van der Waals surface area contributed by atoms with Crippen molar-refractivity contribution < 1.29 is 12.6 Å². The van der Waals surface area contributed by atoms with Gasteiger partial charge in [0.2, 0.25) is 0 Å². The first-order valence-electron chi connectivity index (χ1n) is 17.4. The van der Waals surface area contributed by atoms with Gasteiger partial charge in [0.25, 0.3) is 0 Å². The number of aryl methyl sites for hydroxylation is 3. The highest BCUT2D eigenvalue weighted by Gasteiger charge is 2.16. The highest BCUT2D eigenvalue weighted by Crippen LogP contribution is 2.27. The summed E-state index contributed by atoms with van der Waals surface area (Å²) in [4.78, 5) is 0. The van der Waals surface area contributed by atoms with Crippen molar-refractivity contribution in [2.45, 2.75) is 188 Å². The molecule has 0 radical (unpaired) electrons. The summed E-state index contributed by atoms with van der Waals surface area (Å²) < 4.78 is 30.8. The number of benzene rings is 1. The topological polar surface area (TPSA) is 43.4 Å². The zero-order chi connectivity index (χ0) is 29.3. The van der Waals surface area contributed by atoms with E-state index < -0.39 is 10.1 Å². The van der Waals surface area contributed by atoms with Gasteiger partial charge in [-0.3, -0.25) is 0 Å². The molecule has 1 aromatic carbocycles. The lowest BCUT2D eigenvalue weighted by Gasteiger charge is -2.14. The summed E-state index contributed by atoms with van der Waals surface area (Å²) in [6, 6.07) is 4.25. The van der Waals surface area contributed by atoms with E-state index in [-0.39, 0.29) is 5.75 Å². The van der Waals surface area contributed by atoms with Crippen LogP contribution in [0, 0.1) is 13.8 Å². The molecule has 0 atom stereocenters. The van der Waals surface area contributed by atoms with Gasteiger partial charge in [0.05, 0.1) is 5.75 Å². The van der Waals surface area contributed by atoms with Gasteiger partial charge in [-0.1, -0.05) is 167 Å².